The Balaban J connectivity index is 1.28. The van der Waals surface area contributed by atoms with Crippen molar-refractivity contribution in [2.75, 3.05) is 36.9 Å². The Labute approximate surface area is 195 Å². The highest BCUT2D eigenvalue weighted by Gasteiger charge is 2.30. The van der Waals surface area contributed by atoms with E-state index in [1.54, 1.807) is 12.3 Å². The molecule has 1 aliphatic heterocycles. The number of alkyl halides is 3. The third-order valence-electron chi connectivity index (χ3n) is 5.25. The van der Waals surface area contributed by atoms with Crippen LogP contribution in [-0.2, 0) is 0 Å². The molecule has 7 nitrogen and oxygen atoms in total. The maximum atomic E-state index is 12.3. The molecular weight excluding hydrogens is 447 g/mol. The van der Waals surface area contributed by atoms with Crippen LogP contribution in [0.4, 0.5) is 36.3 Å². The molecule has 0 unspecified atom stereocenters. The summed E-state index contributed by atoms with van der Waals surface area (Å²) in [6.45, 7) is 3.91. The molecule has 0 radical (unpaired) electrons. The van der Waals surface area contributed by atoms with E-state index in [0.29, 0.717) is 24.1 Å². The fraction of sp³-hybridized carbons (Fsp3) is 0.333. The summed E-state index contributed by atoms with van der Waals surface area (Å²) in [4.78, 5) is 11.0. The van der Waals surface area contributed by atoms with E-state index in [2.05, 4.69) is 30.2 Å². The number of anilines is 4. The second-order valence-electron chi connectivity index (χ2n) is 7.86. The second-order valence-corrected chi connectivity index (χ2v) is 7.86. The molecule has 0 bridgehead atoms. The molecule has 3 aromatic rings. The van der Waals surface area contributed by atoms with Crippen molar-refractivity contribution in [3.05, 3.63) is 60.8 Å². The maximum Gasteiger partial charge on any atom is 0.573 e. The number of likely N-dealkylation sites (tertiary alicyclic amines) is 1. The molecule has 1 aromatic heterocycles. The zero-order valence-electron chi connectivity index (χ0n) is 18.5. The predicted molar refractivity (Wildman–Crippen MR) is 124 cm³/mol. The van der Waals surface area contributed by atoms with Gasteiger partial charge in [-0.05, 0) is 80.5 Å². The Hall–Kier alpha value is -3.53. The van der Waals surface area contributed by atoms with Gasteiger partial charge in [0, 0.05) is 24.1 Å². The first-order chi connectivity index (χ1) is 16.4. The predicted octanol–water partition coefficient (Wildman–Crippen LogP) is 5.73. The Kier molecular flexibility index (Phi) is 7.69. The standard InChI is InChI=1S/C24H26F3N5O2/c25-24(26,27)34-21-10-6-19(7-11-21)30-23-28-13-12-22(31-23)29-18-4-8-20(9-5-18)33-17-16-32-14-2-1-3-15-32/h4-13H,1-3,14-17H2,(H2,28,29,30,31). The summed E-state index contributed by atoms with van der Waals surface area (Å²) in [6.07, 6.45) is 0.712. The molecule has 0 atom stereocenters. The molecule has 0 amide bonds. The van der Waals surface area contributed by atoms with Crippen LogP contribution in [0.2, 0.25) is 0 Å². The average molecular weight is 473 g/mol. The lowest BCUT2D eigenvalue weighted by Gasteiger charge is -2.26. The zero-order chi connectivity index (χ0) is 23.8. The summed E-state index contributed by atoms with van der Waals surface area (Å²) >= 11 is 0. The molecule has 180 valence electrons. The minimum atomic E-state index is -4.73. The molecule has 0 saturated carbocycles. The largest absolute Gasteiger partial charge is 0.573 e. The molecule has 2 N–H and O–H groups in total. The SMILES string of the molecule is FC(F)(F)Oc1ccc(Nc2nccc(Nc3ccc(OCCN4CCCCC4)cc3)n2)cc1. The molecule has 2 aromatic carbocycles. The molecular formula is C24H26F3N5O2. The first-order valence-electron chi connectivity index (χ1n) is 11.1. The van der Waals surface area contributed by atoms with E-state index >= 15 is 0 Å². The molecule has 1 fully saturated rings. The van der Waals surface area contributed by atoms with Crippen LogP contribution in [0.25, 0.3) is 0 Å². The van der Waals surface area contributed by atoms with Gasteiger partial charge >= 0.3 is 6.36 Å². The van der Waals surface area contributed by atoms with Crippen LogP contribution < -0.4 is 20.1 Å². The minimum absolute atomic E-state index is 0.298. The molecule has 1 aliphatic rings. The van der Waals surface area contributed by atoms with Crippen molar-refractivity contribution >= 4 is 23.1 Å². The van der Waals surface area contributed by atoms with Crippen LogP contribution in [0, 0.1) is 0 Å². The van der Waals surface area contributed by atoms with Crippen LogP contribution in [0.1, 0.15) is 19.3 Å². The van der Waals surface area contributed by atoms with E-state index in [1.165, 1.54) is 43.5 Å². The van der Waals surface area contributed by atoms with Gasteiger partial charge in [0.1, 0.15) is 23.9 Å². The Morgan fingerprint density at radius 3 is 2.15 bits per heavy atom. The fourth-order valence-corrected chi connectivity index (χ4v) is 3.62. The quantitative estimate of drug-likeness (QED) is 0.411. The summed E-state index contributed by atoms with van der Waals surface area (Å²) in [5, 5.41) is 6.16. The third kappa shape index (κ3) is 7.51. The number of halogens is 3. The number of hydrogen-bond donors (Lipinski definition) is 2. The second kappa shape index (κ2) is 11.1. The summed E-state index contributed by atoms with van der Waals surface area (Å²) < 4.78 is 46.6. The van der Waals surface area contributed by atoms with Gasteiger partial charge in [-0.1, -0.05) is 6.42 Å². The number of ether oxygens (including phenoxy) is 2. The summed E-state index contributed by atoms with van der Waals surface area (Å²) in [5.41, 5.74) is 1.36. The molecule has 1 saturated heterocycles. The van der Waals surface area contributed by atoms with E-state index in [4.69, 9.17) is 4.74 Å². The van der Waals surface area contributed by atoms with Crippen molar-refractivity contribution in [1.82, 2.24) is 14.9 Å². The number of aromatic nitrogens is 2. The van der Waals surface area contributed by atoms with Crippen molar-refractivity contribution in [2.24, 2.45) is 0 Å². The Morgan fingerprint density at radius 2 is 1.47 bits per heavy atom. The van der Waals surface area contributed by atoms with Gasteiger partial charge in [-0.2, -0.15) is 4.98 Å². The summed E-state index contributed by atoms with van der Waals surface area (Å²) in [7, 11) is 0. The smallest absolute Gasteiger partial charge is 0.492 e. The number of benzene rings is 2. The number of hydrogen-bond acceptors (Lipinski definition) is 7. The van der Waals surface area contributed by atoms with E-state index < -0.39 is 6.36 Å². The van der Waals surface area contributed by atoms with Gasteiger partial charge in [0.25, 0.3) is 0 Å². The van der Waals surface area contributed by atoms with Crippen molar-refractivity contribution in [3.8, 4) is 11.5 Å². The average Bonchev–Trinajstić information content (AvgIpc) is 2.82. The highest BCUT2D eigenvalue weighted by atomic mass is 19.4. The van der Waals surface area contributed by atoms with Crippen LogP contribution >= 0.6 is 0 Å². The lowest BCUT2D eigenvalue weighted by atomic mass is 10.1. The first kappa shape index (κ1) is 23.6. The third-order valence-corrected chi connectivity index (χ3v) is 5.25. The van der Waals surface area contributed by atoms with Crippen LogP contribution in [0.15, 0.2) is 60.8 Å². The summed E-state index contributed by atoms with van der Waals surface area (Å²) in [6, 6.07) is 14.7. The zero-order valence-corrected chi connectivity index (χ0v) is 18.5. The van der Waals surface area contributed by atoms with E-state index in [1.807, 2.05) is 24.3 Å². The van der Waals surface area contributed by atoms with Gasteiger partial charge in [0.05, 0.1) is 0 Å². The number of nitrogens with one attached hydrogen (secondary N) is 2. The Morgan fingerprint density at radius 1 is 0.824 bits per heavy atom. The number of rotatable bonds is 9. The lowest BCUT2D eigenvalue weighted by molar-refractivity contribution is -0.274. The highest BCUT2D eigenvalue weighted by molar-refractivity contribution is 5.60. The van der Waals surface area contributed by atoms with E-state index in [0.717, 1.165) is 31.1 Å². The highest BCUT2D eigenvalue weighted by Crippen LogP contribution is 2.25. The number of nitrogens with zero attached hydrogens (tertiary/aromatic N) is 3. The van der Waals surface area contributed by atoms with Crippen molar-refractivity contribution < 1.29 is 22.6 Å². The molecule has 34 heavy (non-hydrogen) atoms. The molecule has 2 heterocycles. The van der Waals surface area contributed by atoms with Crippen molar-refractivity contribution in [3.63, 3.8) is 0 Å². The monoisotopic (exact) mass is 473 g/mol. The number of piperidine rings is 1. The van der Waals surface area contributed by atoms with Crippen molar-refractivity contribution in [2.45, 2.75) is 25.6 Å². The first-order valence-corrected chi connectivity index (χ1v) is 11.1. The van der Waals surface area contributed by atoms with Gasteiger partial charge in [-0.15, -0.1) is 13.2 Å². The van der Waals surface area contributed by atoms with Crippen LogP contribution in [-0.4, -0.2) is 47.5 Å². The maximum absolute atomic E-state index is 12.3. The Bertz CT molecular complexity index is 1040. The van der Waals surface area contributed by atoms with Gasteiger partial charge in [0.15, 0.2) is 0 Å². The molecule has 0 aliphatic carbocycles. The molecule has 0 spiro atoms. The van der Waals surface area contributed by atoms with Gasteiger partial charge in [0.2, 0.25) is 5.95 Å². The lowest BCUT2D eigenvalue weighted by Crippen LogP contribution is -2.33. The van der Waals surface area contributed by atoms with Crippen molar-refractivity contribution in [1.29, 1.82) is 0 Å². The fourth-order valence-electron chi connectivity index (χ4n) is 3.62. The minimum Gasteiger partial charge on any atom is -0.492 e. The van der Waals surface area contributed by atoms with Crippen LogP contribution in [0.5, 0.6) is 11.5 Å². The molecule has 10 heteroatoms. The van der Waals surface area contributed by atoms with Gasteiger partial charge in [-0.25, -0.2) is 4.98 Å². The van der Waals surface area contributed by atoms with Gasteiger partial charge < -0.3 is 20.1 Å². The summed E-state index contributed by atoms with van der Waals surface area (Å²) in [5.74, 6) is 1.37. The topological polar surface area (TPSA) is 71.5 Å². The van der Waals surface area contributed by atoms with Crippen LogP contribution in [0.3, 0.4) is 0 Å². The normalized spacial score (nSPS) is 14.4. The molecule has 4 rings (SSSR count). The van der Waals surface area contributed by atoms with E-state index in [9.17, 15) is 13.2 Å². The van der Waals surface area contributed by atoms with Gasteiger partial charge in [-0.3, -0.25) is 4.90 Å². The van der Waals surface area contributed by atoms with E-state index in [-0.39, 0.29) is 5.75 Å².